The summed E-state index contributed by atoms with van der Waals surface area (Å²) in [6.45, 7) is 3.86. The predicted octanol–water partition coefficient (Wildman–Crippen LogP) is 4.76. The van der Waals surface area contributed by atoms with E-state index in [-0.39, 0.29) is 0 Å². The first-order valence-electron chi connectivity index (χ1n) is 7.77. The lowest BCUT2D eigenvalue weighted by atomic mass is 10.2. The predicted molar refractivity (Wildman–Crippen MR) is 98.7 cm³/mol. The average molecular weight is 314 g/mol. The van der Waals surface area contributed by atoms with Gasteiger partial charge < -0.3 is 0 Å². The Kier molecular flexibility index (Phi) is 4.87. The molecule has 0 amide bonds. The largest absolute Gasteiger partial charge is 0.252 e. The SMILES string of the molecule is C/C(=N\c1ccccc1)c1ccnc(/C(C)=N/c2ccccc2)n1. The fourth-order valence-electron chi connectivity index (χ4n) is 2.23. The van der Waals surface area contributed by atoms with Crippen LogP contribution in [0.15, 0.2) is 82.9 Å². The second-order valence-electron chi connectivity index (χ2n) is 5.33. The summed E-state index contributed by atoms with van der Waals surface area (Å²) in [4.78, 5) is 18.1. The van der Waals surface area contributed by atoms with E-state index in [0.29, 0.717) is 5.82 Å². The summed E-state index contributed by atoms with van der Waals surface area (Å²) in [6, 6.07) is 21.5. The Morgan fingerprint density at radius 1 is 0.708 bits per heavy atom. The van der Waals surface area contributed by atoms with Gasteiger partial charge in [0.2, 0.25) is 0 Å². The van der Waals surface area contributed by atoms with E-state index in [2.05, 4.69) is 20.0 Å². The third-order valence-corrected chi connectivity index (χ3v) is 3.46. The molecule has 24 heavy (non-hydrogen) atoms. The zero-order chi connectivity index (χ0) is 16.8. The minimum atomic E-state index is 0.610. The summed E-state index contributed by atoms with van der Waals surface area (Å²) in [7, 11) is 0. The molecule has 4 heteroatoms. The van der Waals surface area contributed by atoms with Crippen LogP contribution in [-0.2, 0) is 0 Å². The second kappa shape index (κ2) is 7.42. The standard InChI is InChI=1S/C20H18N4/c1-15(22-17-9-5-3-6-10-17)19-13-14-21-20(24-19)16(2)23-18-11-7-4-8-12-18/h3-14H,1-2H3/b22-15+,23-16+. The highest BCUT2D eigenvalue weighted by molar-refractivity contribution is 6.01. The van der Waals surface area contributed by atoms with E-state index < -0.39 is 0 Å². The van der Waals surface area contributed by atoms with Gasteiger partial charge in [-0.25, -0.2) is 15.0 Å². The van der Waals surface area contributed by atoms with Gasteiger partial charge in [0, 0.05) is 6.20 Å². The fraction of sp³-hybridized carbons (Fsp3) is 0.100. The molecule has 0 N–H and O–H groups in total. The minimum absolute atomic E-state index is 0.610. The lowest BCUT2D eigenvalue weighted by Crippen LogP contribution is -2.07. The quantitative estimate of drug-likeness (QED) is 0.652. The fourth-order valence-corrected chi connectivity index (χ4v) is 2.23. The van der Waals surface area contributed by atoms with Gasteiger partial charge in [0.1, 0.15) is 0 Å². The van der Waals surface area contributed by atoms with E-state index >= 15 is 0 Å². The van der Waals surface area contributed by atoms with Gasteiger partial charge in [-0.15, -0.1) is 0 Å². The van der Waals surface area contributed by atoms with E-state index in [1.54, 1.807) is 6.20 Å². The molecule has 2 aromatic carbocycles. The lowest BCUT2D eigenvalue weighted by molar-refractivity contribution is 1.11. The molecule has 0 saturated heterocycles. The van der Waals surface area contributed by atoms with E-state index in [1.165, 1.54) is 0 Å². The van der Waals surface area contributed by atoms with Crippen molar-refractivity contribution in [3.8, 4) is 0 Å². The summed E-state index contributed by atoms with van der Waals surface area (Å²) < 4.78 is 0. The van der Waals surface area contributed by atoms with Gasteiger partial charge in [-0.05, 0) is 44.2 Å². The lowest BCUT2D eigenvalue weighted by Gasteiger charge is -2.04. The van der Waals surface area contributed by atoms with Crippen LogP contribution in [0.1, 0.15) is 25.4 Å². The van der Waals surface area contributed by atoms with E-state index in [4.69, 9.17) is 0 Å². The van der Waals surface area contributed by atoms with Crippen molar-refractivity contribution in [3.05, 3.63) is 84.4 Å². The third kappa shape index (κ3) is 3.98. The van der Waals surface area contributed by atoms with Gasteiger partial charge in [-0.2, -0.15) is 0 Å². The Morgan fingerprint density at radius 3 is 1.83 bits per heavy atom. The highest BCUT2D eigenvalue weighted by Crippen LogP contribution is 2.14. The van der Waals surface area contributed by atoms with Crippen LogP contribution in [-0.4, -0.2) is 21.4 Å². The number of hydrogen-bond donors (Lipinski definition) is 0. The van der Waals surface area contributed by atoms with Crippen molar-refractivity contribution in [3.63, 3.8) is 0 Å². The molecular formula is C20H18N4. The first-order valence-corrected chi connectivity index (χ1v) is 7.77. The molecule has 0 saturated carbocycles. The summed E-state index contributed by atoms with van der Waals surface area (Å²) >= 11 is 0. The molecule has 0 fully saturated rings. The first kappa shape index (κ1) is 15.7. The Labute approximate surface area is 141 Å². The van der Waals surface area contributed by atoms with Crippen LogP contribution in [0.2, 0.25) is 0 Å². The van der Waals surface area contributed by atoms with E-state index in [9.17, 15) is 0 Å². The van der Waals surface area contributed by atoms with Crippen LogP contribution >= 0.6 is 0 Å². The Bertz CT molecular complexity index is 798. The van der Waals surface area contributed by atoms with Gasteiger partial charge in [0.25, 0.3) is 0 Å². The van der Waals surface area contributed by atoms with Gasteiger partial charge in [-0.3, -0.25) is 4.99 Å². The summed E-state index contributed by atoms with van der Waals surface area (Å²) in [6.07, 6.45) is 1.74. The molecule has 0 bridgehead atoms. The number of nitrogens with zero attached hydrogens (tertiary/aromatic N) is 4. The van der Waals surface area contributed by atoms with Crippen molar-refractivity contribution < 1.29 is 0 Å². The molecule has 0 spiro atoms. The maximum Gasteiger partial charge on any atom is 0.174 e. The van der Waals surface area contributed by atoms with Crippen LogP contribution in [0, 0.1) is 0 Å². The van der Waals surface area contributed by atoms with Crippen LogP contribution in [0.3, 0.4) is 0 Å². The van der Waals surface area contributed by atoms with E-state index in [0.717, 1.165) is 28.5 Å². The first-order chi connectivity index (χ1) is 11.7. The zero-order valence-corrected chi connectivity index (χ0v) is 13.7. The number of aromatic nitrogens is 2. The number of hydrogen-bond acceptors (Lipinski definition) is 4. The average Bonchev–Trinajstić information content (AvgIpc) is 2.63. The minimum Gasteiger partial charge on any atom is -0.252 e. The zero-order valence-electron chi connectivity index (χ0n) is 13.7. The molecule has 0 radical (unpaired) electrons. The molecule has 1 aromatic heterocycles. The molecule has 0 aliphatic carbocycles. The molecule has 118 valence electrons. The molecule has 3 aromatic rings. The maximum absolute atomic E-state index is 4.60. The van der Waals surface area contributed by atoms with Crippen LogP contribution in [0.4, 0.5) is 11.4 Å². The Hall–Kier alpha value is -3.14. The topological polar surface area (TPSA) is 50.5 Å². The molecule has 0 atom stereocenters. The van der Waals surface area contributed by atoms with Crippen molar-refractivity contribution in [2.75, 3.05) is 0 Å². The van der Waals surface area contributed by atoms with Crippen molar-refractivity contribution in [2.24, 2.45) is 9.98 Å². The monoisotopic (exact) mass is 314 g/mol. The summed E-state index contributed by atoms with van der Waals surface area (Å²) in [5, 5.41) is 0. The van der Waals surface area contributed by atoms with Gasteiger partial charge in [-0.1, -0.05) is 36.4 Å². The Balaban J connectivity index is 1.89. The number of aliphatic imine (C=N–C) groups is 2. The van der Waals surface area contributed by atoms with Gasteiger partial charge in [0.05, 0.1) is 28.5 Å². The van der Waals surface area contributed by atoms with Crippen LogP contribution < -0.4 is 0 Å². The maximum atomic E-state index is 4.60. The van der Waals surface area contributed by atoms with Crippen LogP contribution in [0.25, 0.3) is 0 Å². The van der Waals surface area contributed by atoms with Crippen molar-refractivity contribution in [1.29, 1.82) is 0 Å². The second-order valence-corrected chi connectivity index (χ2v) is 5.33. The van der Waals surface area contributed by atoms with Gasteiger partial charge >= 0.3 is 0 Å². The number of rotatable bonds is 4. The molecule has 0 aliphatic heterocycles. The normalized spacial score (nSPS) is 12.2. The molecule has 1 heterocycles. The summed E-state index contributed by atoms with van der Waals surface area (Å²) in [5.74, 6) is 0.610. The van der Waals surface area contributed by atoms with Gasteiger partial charge in [0.15, 0.2) is 5.82 Å². The molecular weight excluding hydrogens is 296 g/mol. The highest BCUT2D eigenvalue weighted by Gasteiger charge is 2.06. The molecule has 0 unspecified atom stereocenters. The molecule has 0 aliphatic rings. The van der Waals surface area contributed by atoms with E-state index in [1.807, 2.05) is 80.6 Å². The number of para-hydroxylation sites is 2. The van der Waals surface area contributed by atoms with Crippen molar-refractivity contribution in [2.45, 2.75) is 13.8 Å². The van der Waals surface area contributed by atoms with Crippen molar-refractivity contribution in [1.82, 2.24) is 9.97 Å². The number of benzene rings is 2. The Morgan fingerprint density at radius 2 is 1.25 bits per heavy atom. The third-order valence-electron chi connectivity index (χ3n) is 3.46. The highest BCUT2D eigenvalue weighted by atomic mass is 14.9. The smallest absolute Gasteiger partial charge is 0.174 e. The molecule has 3 rings (SSSR count). The molecule has 4 nitrogen and oxygen atoms in total. The van der Waals surface area contributed by atoms with Crippen molar-refractivity contribution >= 4 is 22.8 Å². The summed E-state index contributed by atoms with van der Waals surface area (Å²) in [5.41, 5.74) is 4.21. The van der Waals surface area contributed by atoms with Crippen LogP contribution in [0.5, 0.6) is 0 Å².